The van der Waals surface area contributed by atoms with Crippen molar-refractivity contribution >= 4 is 5.97 Å². The molecule has 0 amide bonds. The lowest BCUT2D eigenvalue weighted by Crippen LogP contribution is -2.69. The van der Waals surface area contributed by atoms with E-state index in [0.717, 1.165) is 11.3 Å². The maximum atomic E-state index is 12.3. The number of rotatable bonds is 5. The number of ether oxygens (including phenoxy) is 2. The lowest BCUT2D eigenvalue weighted by molar-refractivity contribution is -0.234. The van der Waals surface area contributed by atoms with Gasteiger partial charge in [-0.1, -0.05) is 0 Å². The largest absolute Gasteiger partial charge is 0.490 e. The molecule has 1 unspecified atom stereocenters. The van der Waals surface area contributed by atoms with Gasteiger partial charge in [-0.25, -0.2) is 4.79 Å². The van der Waals surface area contributed by atoms with Gasteiger partial charge in [-0.3, -0.25) is 10.00 Å². The minimum absolute atomic E-state index is 0.159. The third-order valence-corrected chi connectivity index (χ3v) is 5.44. The second-order valence-corrected chi connectivity index (χ2v) is 7.67. The Morgan fingerprint density at radius 3 is 2.62 bits per heavy atom. The molecular weight excluding hydrogens is 391 g/mol. The van der Waals surface area contributed by atoms with Gasteiger partial charge < -0.3 is 9.47 Å². The van der Waals surface area contributed by atoms with Gasteiger partial charge in [0.1, 0.15) is 0 Å². The van der Waals surface area contributed by atoms with Crippen molar-refractivity contribution in [3.8, 4) is 17.1 Å². The van der Waals surface area contributed by atoms with Gasteiger partial charge in [0, 0.05) is 36.8 Å². The van der Waals surface area contributed by atoms with Crippen molar-refractivity contribution < 1.29 is 27.4 Å². The molecule has 156 valence electrons. The molecule has 1 N–H and O–H groups in total. The number of alkyl halides is 3. The van der Waals surface area contributed by atoms with Crippen LogP contribution in [0.4, 0.5) is 13.2 Å². The summed E-state index contributed by atoms with van der Waals surface area (Å²) in [6.07, 6.45) is -2.77. The number of carbonyl (C=O) groups is 1. The summed E-state index contributed by atoms with van der Waals surface area (Å²) in [6.45, 7) is 2.79. The first-order valence-corrected chi connectivity index (χ1v) is 9.15. The molecule has 1 spiro atoms. The number of carbonyl (C=O) groups excluding carboxylic acids is 1. The predicted octanol–water partition coefficient (Wildman–Crippen LogP) is 2.00. The van der Waals surface area contributed by atoms with E-state index < -0.39 is 23.8 Å². The van der Waals surface area contributed by atoms with E-state index in [1.54, 1.807) is 16.8 Å². The van der Waals surface area contributed by atoms with Crippen LogP contribution in [0.15, 0.2) is 18.3 Å². The lowest BCUT2D eigenvalue weighted by Gasteiger charge is -2.58. The fraction of sp³-hybridized carbons (Fsp3) is 0.556. The number of aromatic nitrogens is 4. The number of esters is 1. The van der Waals surface area contributed by atoms with Crippen molar-refractivity contribution in [2.75, 3.05) is 13.2 Å². The first-order valence-electron chi connectivity index (χ1n) is 9.15. The third kappa shape index (κ3) is 3.78. The summed E-state index contributed by atoms with van der Waals surface area (Å²) in [7, 11) is 1.83. The van der Waals surface area contributed by atoms with Crippen LogP contribution in [0.25, 0.3) is 11.3 Å². The van der Waals surface area contributed by atoms with Crippen LogP contribution in [0.2, 0.25) is 0 Å². The minimum atomic E-state index is -4.98. The molecule has 2 aromatic heterocycles. The molecule has 2 aliphatic rings. The SMILES string of the molecule is Cc1nn(C)cc1-c1ccc(OCC2CC3(CNC3OC(=O)C(F)(F)F)C2)nn1. The fourth-order valence-corrected chi connectivity index (χ4v) is 3.98. The first kappa shape index (κ1) is 19.6. The van der Waals surface area contributed by atoms with Gasteiger partial charge in [-0.15, -0.1) is 10.2 Å². The molecule has 1 saturated heterocycles. The zero-order valence-electron chi connectivity index (χ0n) is 15.9. The summed E-state index contributed by atoms with van der Waals surface area (Å²) in [5.74, 6) is -1.62. The zero-order valence-corrected chi connectivity index (χ0v) is 15.9. The molecule has 0 radical (unpaired) electrons. The van der Waals surface area contributed by atoms with Gasteiger partial charge in [0.2, 0.25) is 5.88 Å². The number of hydrogen-bond donors (Lipinski definition) is 1. The maximum absolute atomic E-state index is 12.3. The average molecular weight is 411 g/mol. The second kappa shape index (κ2) is 6.97. The standard InChI is InChI=1S/C18H20F3N5O3/c1-10-12(7-26(2)25-10)13-3-4-14(24-23-13)28-8-11-5-17(6-11)9-22-15(17)29-16(27)18(19,20)21/h3-4,7,11,15,22H,5-6,8-9H2,1-2H3. The second-order valence-electron chi connectivity index (χ2n) is 7.67. The molecule has 1 saturated carbocycles. The molecule has 29 heavy (non-hydrogen) atoms. The Labute approximate surface area is 164 Å². The van der Waals surface area contributed by atoms with Crippen molar-refractivity contribution in [3.05, 3.63) is 24.0 Å². The number of nitrogens with zero attached hydrogens (tertiary/aromatic N) is 4. The Kier molecular flexibility index (Phi) is 4.72. The fourth-order valence-electron chi connectivity index (χ4n) is 3.98. The molecule has 3 heterocycles. The molecule has 0 bridgehead atoms. The molecule has 8 nitrogen and oxygen atoms in total. The highest BCUT2D eigenvalue weighted by Gasteiger charge is 2.59. The Morgan fingerprint density at radius 1 is 1.34 bits per heavy atom. The van der Waals surface area contributed by atoms with Gasteiger partial charge in [-0.2, -0.15) is 18.3 Å². The summed E-state index contributed by atoms with van der Waals surface area (Å²) in [5, 5.41) is 15.3. The van der Waals surface area contributed by atoms with E-state index >= 15 is 0 Å². The van der Waals surface area contributed by atoms with E-state index in [1.165, 1.54) is 0 Å². The highest BCUT2D eigenvalue weighted by Crippen LogP contribution is 2.52. The molecule has 4 rings (SSSR count). The average Bonchev–Trinajstić information content (AvgIpc) is 2.95. The topological polar surface area (TPSA) is 91.2 Å². The van der Waals surface area contributed by atoms with Gasteiger partial charge in [0.25, 0.3) is 0 Å². The van der Waals surface area contributed by atoms with E-state index in [4.69, 9.17) is 4.74 Å². The van der Waals surface area contributed by atoms with Crippen LogP contribution in [-0.2, 0) is 16.6 Å². The van der Waals surface area contributed by atoms with Gasteiger partial charge in [0.05, 0.1) is 18.0 Å². The monoisotopic (exact) mass is 411 g/mol. The molecule has 1 aliphatic heterocycles. The zero-order chi connectivity index (χ0) is 20.8. The molecule has 11 heteroatoms. The summed E-state index contributed by atoms with van der Waals surface area (Å²) in [6, 6.07) is 3.53. The smallest absolute Gasteiger partial charge is 0.476 e. The number of hydrogen-bond acceptors (Lipinski definition) is 7. The number of aryl methyl sites for hydroxylation is 2. The maximum Gasteiger partial charge on any atom is 0.490 e. The Balaban J connectivity index is 1.26. The summed E-state index contributed by atoms with van der Waals surface area (Å²) in [5.41, 5.74) is 2.01. The van der Waals surface area contributed by atoms with Crippen LogP contribution in [-0.4, -0.2) is 51.5 Å². The predicted molar refractivity (Wildman–Crippen MR) is 93.6 cm³/mol. The number of halogens is 3. The van der Waals surface area contributed by atoms with Gasteiger partial charge >= 0.3 is 12.1 Å². The van der Waals surface area contributed by atoms with Crippen LogP contribution in [0.1, 0.15) is 18.5 Å². The summed E-state index contributed by atoms with van der Waals surface area (Å²) < 4.78 is 49.0. The molecule has 2 fully saturated rings. The van der Waals surface area contributed by atoms with Crippen molar-refractivity contribution in [1.82, 2.24) is 25.3 Å². The summed E-state index contributed by atoms with van der Waals surface area (Å²) >= 11 is 0. The molecular formula is C18H20F3N5O3. The van der Waals surface area contributed by atoms with Crippen LogP contribution in [0.5, 0.6) is 5.88 Å². The van der Waals surface area contributed by atoms with Gasteiger partial charge in [0.15, 0.2) is 6.23 Å². The number of nitrogens with one attached hydrogen (secondary N) is 1. The lowest BCUT2D eigenvalue weighted by atomic mass is 9.57. The summed E-state index contributed by atoms with van der Waals surface area (Å²) in [4.78, 5) is 11.0. The normalized spacial score (nSPS) is 26.0. The van der Waals surface area contributed by atoms with Crippen molar-refractivity contribution in [2.45, 2.75) is 32.2 Å². The molecule has 2 aromatic rings. The molecule has 0 aromatic carbocycles. The van der Waals surface area contributed by atoms with Crippen LogP contribution >= 0.6 is 0 Å². The van der Waals surface area contributed by atoms with E-state index in [9.17, 15) is 18.0 Å². The van der Waals surface area contributed by atoms with Crippen molar-refractivity contribution in [1.29, 1.82) is 0 Å². The first-order chi connectivity index (χ1) is 13.7. The van der Waals surface area contributed by atoms with Crippen LogP contribution in [0.3, 0.4) is 0 Å². The Hall–Kier alpha value is -2.69. The van der Waals surface area contributed by atoms with E-state index in [1.807, 2.05) is 20.2 Å². The minimum Gasteiger partial charge on any atom is -0.476 e. The van der Waals surface area contributed by atoms with Gasteiger partial charge in [-0.05, 0) is 31.7 Å². The Morgan fingerprint density at radius 2 is 2.10 bits per heavy atom. The highest BCUT2D eigenvalue weighted by molar-refractivity contribution is 5.75. The quantitative estimate of drug-likeness (QED) is 0.753. The van der Waals surface area contributed by atoms with E-state index in [2.05, 4.69) is 25.3 Å². The van der Waals surface area contributed by atoms with E-state index in [-0.39, 0.29) is 5.92 Å². The van der Waals surface area contributed by atoms with Crippen LogP contribution < -0.4 is 10.1 Å². The highest BCUT2D eigenvalue weighted by atomic mass is 19.4. The van der Waals surface area contributed by atoms with Crippen molar-refractivity contribution in [3.63, 3.8) is 0 Å². The molecule has 1 atom stereocenters. The Bertz CT molecular complexity index is 906. The molecule has 1 aliphatic carbocycles. The van der Waals surface area contributed by atoms with Crippen LogP contribution in [0, 0.1) is 18.3 Å². The van der Waals surface area contributed by atoms with E-state index in [0.29, 0.717) is 37.6 Å². The van der Waals surface area contributed by atoms with Crippen molar-refractivity contribution in [2.24, 2.45) is 18.4 Å². The third-order valence-electron chi connectivity index (χ3n) is 5.44.